The number of fused-ring (bicyclic) bond motifs is 3. The zero-order valence-electron chi connectivity index (χ0n) is 20.0. The Kier molecular flexibility index (Phi) is 7.14. The molecule has 0 amide bonds. The molecule has 0 spiro atoms. The van der Waals surface area contributed by atoms with Crippen molar-refractivity contribution >= 4 is 18.9 Å². The third-order valence-corrected chi connectivity index (χ3v) is 7.20. The highest BCUT2D eigenvalue weighted by Gasteiger charge is 2.50. The van der Waals surface area contributed by atoms with Gasteiger partial charge in [-0.3, -0.25) is 0 Å². The van der Waals surface area contributed by atoms with E-state index >= 15 is 0 Å². The molecule has 1 aliphatic carbocycles. The van der Waals surface area contributed by atoms with Gasteiger partial charge in [-0.15, -0.1) is 0 Å². The van der Waals surface area contributed by atoms with Gasteiger partial charge in [0.2, 0.25) is 0 Å². The van der Waals surface area contributed by atoms with Crippen molar-refractivity contribution in [1.82, 2.24) is 0 Å². The third kappa shape index (κ3) is 4.75. The van der Waals surface area contributed by atoms with Crippen LogP contribution in [0.4, 0.5) is 0 Å². The van der Waals surface area contributed by atoms with Crippen LogP contribution in [0.5, 0.6) is 11.5 Å². The Hall–Kier alpha value is -1.44. The van der Waals surface area contributed by atoms with Crippen LogP contribution in [0.3, 0.4) is 0 Å². The first kappa shape index (κ1) is 22.4. The Balaban J connectivity index is 0.00000324. The molecule has 1 fully saturated rings. The average Bonchev–Trinajstić information content (AvgIpc) is 3.32. The largest absolute Gasteiger partial charge is 0.489 e. The van der Waals surface area contributed by atoms with E-state index in [2.05, 4.69) is 46.7 Å². The number of aryl methyl sites for hydroxylation is 1. The van der Waals surface area contributed by atoms with Gasteiger partial charge < -0.3 is 18.5 Å². The maximum Gasteiger partial charge on any atom is 0.133 e. The van der Waals surface area contributed by atoms with E-state index < -0.39 is 5.60 Å². The Bertz CT molecular complexity index is 957. The van der Waals surface area contributed by atoms with E-state index in [0.717, 1.165) is 30.8 Å². The fourth-order valence-electron chi connectivity index (χ4n) is 5.06. The van der Waals surface area contributed by atoms with Gasteiger partial charge in [0, 0.05) is 44.1 Å². The summed E-state index contributed by atoms with van der Waals surface area (Å²) < 4.78 is 32.0. The van der Waals surface area contributed by atoms with Crippen molar-refractivity contribution in [1.29, 1.82) is 1.28 Å². The number of para-hydroxylation sites is 2. The van der Waals surface area contributed by atoms with Crippen molar-refractivity contribution in [2.24, 2.45) is 5.92 Å². The molecule has 2 aromatic carbocycles. The standard InChI is InChI=1S/C26H34O4P2.H2/c1-4-9-17-10-8-13-20-24-19(21(29-31)16-22(24)27-25(17)20)14-15-23(30-32)26(2,3)28-18-11-6-5-7-12-18;/h5-8,10-15,19,21-24H,4,9,16,31-32H2,1-3H3;1H/b15-14+;/t19-,21+,22-,23+,24-;/m0./s1/i31T;1+2/t19-,21+,22-,23+,24-,31?;. The van der Waals surface area contributed by atoms with E-state index in [1.54, 1.807) is 0 Å². The fraction of sp³-hybridized carbons (Fsp3) is 0.462. The SMILES string of the molecule is [3HH].[3H]PO[C@@H]1C[C@@H]2Oc3c(CCC)cccc3[C@@H]2[C@H]1/C=C/[C@@H](OP)C(C)(C)Oc1ccccc1. The number of hydrogen-bond donors (Lipinski definition) is 0. The number of benzene rings is 2. The highest BCUT2D eigenvalue weighted by atomic mass is 31.0. The molecule has 1 heterocycles. The van der Waals surface area contributed by atoms with Crippen LogP contribution < -0.4 is 9.47 Å². The van der Waals surface area contributed by atoms with Crippen molar-refractivity contribution in [2.75, 3.05) is 0 Å². The quantitative estimate of drug-likeness (QED) is 0.288. The third-order valence-electron chi connectivity index (χ3n) is 6.60. The number of hydrogen-bond acceptors (Lipinski definition) is 4. The van der Waals surface area contributed by atoms with Gasteiger partial charge in [0.05, 0.1) is 7.38 Å². The minimum Gasteiger partial charge on any atom is -0.489 e. The Morgan fingerprint density at radius 1 is 1.25 bits per heavy atom. The normalized spacial score (nSPS) is 26.2. The van der Waals surface area contributed by atoms with Gasteiger partial charge in [0.1, 0.15) is 29.3 Å². The van der Waals surface area contributed by atoms with Crippen molar-refractivity contribution < 1.29 is 19.9 Å². The topological polar surface area (TPSA) is 36.9 Å². The van der Waals surface area contributed by atoms with Crippen LogP contribution >= 0.6 is 18.9 Å². The summed E-state index contributed by atoms with van der Waals surface area (Å²) >= 11 is 0. The van der Waals surface area contributed by atoms with Gasteiger partial charge in [0.25, 0.3) is 0 Å². The molecule has 4 nitrogen and oxygen atoms in total. The molecule has 2 aromatic rings. The summed E-state index contributed by atoms with van der Waals surface area (Å²) in [5.74, 6) is 2.20. The zero-order valence-corrected chi connectivity index (χ0v) is 21.1. The minimum atomic E-state index is -0.580. The van der Waals surface area contributed by atoms with Gasteiger partial charge in [-0.05, 0) is 38.0 Å². The molecular weight excluding hydrogens is 438 g/mol. The van der Waals surface area contributed by atoms with Gasteiger partial charge >= 0.3 is 0 Å². The summed E-state index contributed by atoms with van der Waals surface area (Å²) in [7, 11) is 2.08. The first-order valence-corrected chi connectivity index (χ1v) is 12.2. The highest BCUT2D eigenvalue weighted by molar-refractivity contribution is 7.10. The second-order valence-corrected chi connectivity index (χ2v) is 9.70. The molecule has 6 heteroatoms. The average molecular weight is 479 g/mol. The van der Waals surface area contributed by atoms with Crippen LogP contribution in [-0.2, 0) is 15.5 Å². The molecule has 32 heavy (non-hydrogen) atoms. The Morgan fingerprint density at radius 2 is 2.06 bits per heavy atom. The summed E-state index contributed by atoms with van der Waals surface area (Å²) in [6.45, 7) is 6.25. The lowest BCUT2D eigenvalue weighted by molar-refractivity contribution is 0.0203. The van der Waals surface area contributed by atoms with Crippen LogP contribution in [0.15, 0.2) is 60.7 Å². The van der Waals surface area contributed by atoms with Crippen molar-refractivity contribution in [3.05, 3.63) is 71.8 Å². The lowest BCUT2D eigenvalue weighted by Crippen LogP contribution is -2.41. The number of rotatable bonds is 10. The second-order valence-electron chi connectivity index (χ2n) is 9.20. The minimum absolute atomic E-state index is 0. The molecule has 2 aliphatic rings. The highest BCUT2D eigenvalue weighted by Crippen LogP contribution is 2.53. The summed E-state index contributed by atoms with van der Waals surface area (Å²) in [5.41, 5.74) is 1.97. The summed E-state index contributed by atoms with van der Waals surface area (Å²) in [4.78, 5) is 0. The fourth-order valence-corrected chi connectivity index (χ4v) is 5.73. The van der Waals surface area contributed by atoms with Gasteiger partial charge in [-0.2, -0.15) is 0 Å². The van der Waals surface area contributed by atoms with Crippen LogP contribution in [0.25, 0.3) is 0 Å². The van der Waals surface area contributed by atoms with Crippen LogP contribution in [-0.4, -0.2) is 25.2 Å². The van der Waals surface area contributed by atoms with E-state index in [1.165, 1.54) is 11.1 Å². The van der Waals surface area contributed by atoms with Crippen molar-refractivity contribution in [3.8, 4) is 11.5 Å². The molecule has 4 rings (SSSR count). The summed E-state index contributed by atoms with van der Waals surface area (Å²) in [5, 5.41) is 0. The molecule has 0 saturated heterocycles. The molecule has 1 aliphatic heterocycles. The first-order chi connectivity index (χ1) is 16.0. The van der Waals surface area contributed by atoms with E-state index in [0.29, 0.717) is 0 Å². The van der Waals surface area contributed by atoms with Crippen LogP contribution in [0.2, 0.25) is 0 Å². The predicted molar refractivity (Wildman–Crippen MR) is 137 cm³/mol. The molecule has 1 saturated carbocycles. The van der Waals surface area contributed by atoms with Gasteiger partial charge in [-0.25, -0.2) is 0 Å². The van der Waals surface area contributed by atoms with Crippen molar-refractivity contribution in [2.45, 2.75) is 69.9 Å². The molecular formula is C26H36O4P2. The maximum atomic E-state index is 7.67. The molecule has 0 radical (unpaired) electrons. The first-order valence-electron chi connectivity index (χ1n) is 11.9. The van der Waals surface area contributed by atoms with Crippen molar-refractivity contribution in [3.63, 3.8) is 0 Å². The van der Waals surface area contributed by atoms with Gasteiger partial charge in [0.15, 0.2) is 0 Å². The molecule has 174 valence electrons. The van der Waals surface area contributed by atoms with Gasteiger partial charge in [-0.1, -0.05) is 61.9 Å². The van der Waals surface area contributed by atoms with E-state index in [-0.39, 0.29) is 41.0 Å². The number of ether oxygens (including phenoxy) is 2. The molecule has 0 N–H and O–H groups in total. The maximum absolute atomic E-state index is 7.67. The molecule has 2 unspecified atom stereocenters. The Labute approximate surface area is 199 Å². The van der Waals surface area contributed by atoms with E-state index in [9.17, 15) is 0 Å². The molecule has 7 atom stereocenters. The Morgan fingerprint density at radius 3 is 2.78 bits per heavy atom. The van der Waals surface area contributed by atoms with E-state index in [1.807, 2.05) is 44.2 Å². The predicted octanol–water partition coefficient (Wildman–Crippen LogP) is 6.51. The van der Waals surface area contributed by atoms with Crippen LogP contribution in [0.1, 0.15) is 52.1 Å². The molecule has 0 bridgehead atoms. The smallest absolute Gasteiger partial charge is 0.133 e. The summed E-state index contributed by atoms with van der Waals surface area (Å²) in [6.07, 6.45) is 6.94. The van der Waals surface area contributed by atoms with E-state index in [4.69, 9.17) is 19.8 Å². The van der Waals surface area contributed by atoms with Crippen LogP contribution in [0, 0.1) is 5.92 Å². The summed E-state index contributed by atoms with van der Waals surface area (Å²) in [6, 6.07) is 16.3. The lowest BCUT2D eigenvalue weighted by atomic mass is 9.86. The molecule has 0 aromatic heterocycles. The zero-order chi connectivity index (χ0) is 23.4. The second kappa shape index (κ2) is 10.2. The lowest BCUT2D eigenvalue weighted by Gasteiger charge is -2.32. The monoisotopic (exact) mass is 478 g/mol.